The number of aromatic nitrogens is 2. The summed E-state index contributed by atoms with van der Waals surface area (Å²) < 4.78 is 4.32. The predicted molar refractivity (Wildman–Crippen MR) is 45.6 cm³/mol. The Balaban J connectivity index is 2.78. The van der Waals surface area contributed by atoms with Crippen LogP contribution in [0.4, 0.5) is 0 Å². The van der Waals surface area contributed by atoms with E-state index in [0.29, 0.717) is 10.2 Å². The molecule has 0 atom stereocenters. The van der Waals surface area contributed by atoms with E-state index in [1.54, 1.807) is 0 Å². The number of carboxylic acids is 1. The molecule has 0 unspecified atom stereocenters. The van der Waals surface area contributed by atoms with E-state index in [1.807, 2.05) is 6.07 Å². The van der Waals surface area contributed by atoms with Crippen molar-refractivity contribution in [2.24, 2.45) is 0 Å². The Kier molecular flexibility index (Phi) is 1.53. The van der Waals surface area contributed by atoms with E-state index in [-0.39, 0.29) is 11.3 Å². The summed E-state index contributed by atoms with van der Waals surface area (Å²) in [6, 6.07) is 1.88. The van der Waals surface area contributed by atoms with Gasteiger partial charge in [-0.05, 0) is 11.5 Å². The van der Waals surface area contributed by atoms with E-state index in [9.17, 15) is 4.79 Å². The highest BCUT2D eigenvalue weighted by atomic mass is 32.1. The first kappa shape index (κ1) is 7.76. The second kappa shape index (κ2) is 2.57. The number of rotatable bonds is 1. The highest BCUT2D eigenvalue weighted by Crippen LogP contribution is 2.24. The number of nitrogens with one attached hydrogen (secondary N) is 1. The molecule has 0 spiro atoms. The lowest BCUT2D eigenvalue weighted by Gasteiger charge is -1.82. The number of carbonyl (C=O) groups is 1. The van der Waals surface area contributed by atoms with Gasteiger partial charge in [0.25, 0.3) is 0 Å². The molecule has 2 aromatic heterocycles. The molecule has 5 nitrogen and oxygen atoms in total. The van der Waals surface area contributed by atoms with Crippen molar-refractivity contribution in [2.75, 3.05) is 0 Å². The summed E-state index contributed by atoms with van der Waals surface area (Å²) in [5.74, 6) is -1.01. The third kappa shape index (κ3) is 0.981. The van der Waals surface area contributed by atoms with Crippen molar-refractivity contribution in [3.05, 3.63) is 17.5 Å². The topological polar surface area (TPSA) is 89.8 Å². The molecule has 0 amide bonds. The first-order valence-corrected chi connectivity index (χ1v) is 4.11. The summed E-state index contributed by atoms with van der Waals surface area (Å²) in [6.45, 7) is 0. The van der Waals surface area contributed by atoms with Gasteiger partial charge in [-0.2, -0.15) is 9.64 Å². The third-order valence-corrected chi connectivity index (χ3v) is 2.51. The second-order valence-corrected chi connectivity index (χ2v) is 3.13. The Labute approximate surface area is 76.4 Å². The molecule has 64 valence electrons. The van der Waals surface area contributed by atoms with Crippen LogP contribution >= 0.6 is 11.5 Å². The summed E-state index contributed by atoms with van der Waals surface area (Å²) >= 11 is 1.02. The van der Waals surface area contributed by atoms with Crippen LogP contribution in [0.3, 0.4) is 0 Å². The molecule has 0 fully saturated rings. The highest BCUT2D eigenvalue weighted by molar-refractivity contribution is 7.13. The quantitative estimate of drug-likeness (QED) is 0.711. The normalized spacial score (nSPS) is 10.1. The fourth-order valence-corrected chi connectivity index (χ4v) is 1.86. The molecule has 2 heterocycles. The molecule has 0 bridgehead atoms. The van der Waals surface area contributed by atoms with Gasteiger partial charge in [0.1, 0.15) is 6.07 Å². The van der Waals surface area contributed by atoms with Crippen LogP contribution in [0.2, 0.25) is 0 Å². The maximum absolute atomic E-state index is 10.6. The van der Waals surface area contributed by atoms with Crippen LogP contribution in [0.5, 0.6) is 0 Å². The fourth-order valence-electron chi connectivity index (χ4n) is 1.05. The molecule has 6 heteroatoms. The molecule has 2 rings (SSSR count). The summed E-state index contributed by atoms with van der Waals surface area (Å²) in [5, 5.41) is 17.3. The average molecular weight is 193 g/mol. The largest absolute Gasteiger partial charge is 0.478 e. The van der Waals surface area contributed by atoms with Crippen LogP contribution in [0, 0.1) is 11.3 Å². The fraction of sp³-hybridized carbons (Fsp3) is 0. The van der Waals surface area contributed by atoms with Gasteiger partial charge in [0.2, 0.25) is 0 Å². The van der Waals surface area contributed by atoms with Gasteiger partial charge < -0.3 is 10.1 Å². The number of aromatic amines is 1. The first-order valence-electron chi connectivity index (χ1n) is 3.34. The molecule has 2 aromatic rings. The number of carboxylic acid groups (broad SMARTS) is 1. The Bertz CT molecular complexity index is 519. The summed E-state index contributed by atoms with van der Waals surface area (Å²) in [5.41, 5.74) is 0.909. The number of H-pyrrole nitrogens is 1. The minimum Gasteiger partial charge on any atom is -0.478 e. The molecule has 0 saturated heterocycles. The van der Waals surface area contributed by atoms with Gasteiger partial charge in [-0.3, -0.25) is 0 Å². The zero-order valence-corrected chi connectivity index (χ0v) is 7.05. The number of nitrogens with zero attached hydrogens (tertiary/aromatic N) is 2. The molecule has 2 N–H and O–H groups in total. The Morgan fingerprint density at radius 2 is 2.54 bits per heavy atom. The number of aromatic carboxylic acids is 1. The van der Waals surface area contributed by atoms with Gasteiger partial charge in [0.05, 0.1) is 15.8 Å². The SMILES string of the molecule is N#Cc1nsc2c(C(=O)O)c[nH]c12. The Hall–Kier alpha value is -1.87. The maximum atomic E-state index is 10.6. The van der Waals surface area contributed by atoms with Gasteiger partial charge in [0, 0.05) is 6.20 Å². The van der Waals surface area contributed by atoms with Crippen LogP contribution in [0.25, 0.3) is 10.2 Å². The monoisotopic (exact) mass is 193 g/mol. The molecule has 0 saturated carbocycles. The standard InChI is InChI=1S/C7H3N3O2S/c8-1-4-5-6(13-10-4)3(2-9-5)7(11)12/h2,9H,(H,11,12). The van der Waals surface area contributed by atoms with Crippen molar-refractivity contribution in [2.45, 2.75) is 0 Å². The first-order chi connectivity index (χ1) is 6.24. The average Bonchev–Trinajstić information content (AvgIpc) is 2.61. The van der Waals surface area contributed by atoms with Crippen LogP contribution in [0.1, 0.15) is 16.1 Å². The van der Waals surface area contributed by atoms with Gasteiger partial charge >= 0.3 is 5.97 Å². The van der Waals surface area contributed by atoms with Crippen LogP contribution in [-0.4, -0.2) is 20.4 Å². The zero-order valence-electron chi connectivity index (χ0n) is 6.24. The number of hydrogen-bond acceptors (Lipinski definition) is 4. The lowest BCUT2D eigenvalue weighted by Crippen LogP contribution is -1.92. The van der Waals surface area contributed by atoms with E-state index in [4.69, 9.17) is 10.4 Å². The van der Waals surface area contributed by atoms with Crippen LogP contribution in [0.15, 0.2) is 6.20 Å². The number of fused-ring (bicyclic) bond motifs is 1. The molecule has 0 aliphatic carbocycles. The molecule has 0 aliphatic heterocycles. The van der Waals surface area contributed by atoms with Crippen LogP contribution < -0.4 is 0 Å². The zero-order chi connectivity index (χ0) is 9.42. The van der Waals surface area contributed by atoms with E-state index in [2.05, 4.69) is 9.36 Å². The van der Waals surface area contributed by atoms with E-state index >= 15 is 0 Å². The molecule has 0 radical (unpaired) electrons. The lowest BCUT2D eigenvalue weighted by atomic mass is 10.3. The Morgan fingerprint density at radius 3 is 3.15 bits per heavy atom. The minimum absolute atomic E-state index is 0.161. The predicted octanol–water partition coefficient (Wildman–Crippen LogP) is 1.19. The summed E-state index contributed by atoms with van der Waals surface area (Å²) in [6.07, 6.45) is 1.37. The van der Waals surface area contributed by atoms with Crippen molar-refractivity contribution >= 4 is 27.7 Å². The van der Waals surface area contributed by atoms with E-state index in [1.165, 1.54) is 6.20 Å². The van der Waals surface area contributed by atoms with Crippen molar-refractivity contribution in [3.8, 4) is 6.07 Å². The maximum Gasteiger partial charge on any atom is 0.338 e. The van der Waals surface area contributed by atoms with Gasteiger partial charge in [-0.25, -0.2) is 4.79 Å². The number of nitriles is 1. The third-order valence-electron chi connectivity index (χ3n) is 1.63. The minimum atomic E-state index is -1.01. The second-order valence-electron chi connectivity index (χ2n) is 2.35. The Morgan fingerprint density at radius 1 is 1.77 bits per heavy atom. The van der Waals surface area contributed by atoms with Crippen molar-refractivity contribution in [1.82, 2.24) is 9.36 Å². The molecular formula is C7H3N3O2S. The van der Waals surface area contributed by atoms with E-state index in [0.717, 1.165) is 11.5 Å². The molecular weight excluding hydrogens is 190 g/mol. The molecule has 0 aromatic carbocycles. The molecule has 13 heavy (non-hydrogen) atoms. The van der Waals surface area contributed by atoms with Crippen molar-refractivity contribution in [3.63, 3.8) is 0 Å². The highest BCUT2D eigenvalue weighted by Gasteiger charge is 2.15. The van der Waals surface area contributed by atoms with Crippen molar-refractivity contribution < 1.29 is 9.90 Å². The molecule has 0 aliphatic rings. The van der Waals surface area contributed by atoms with Gasteiger partial charge in [-0.15, -0.1) is 0 Å². The van der Waals surface area contributed by atoms with E-state index < -0.39 is 5.97 Å². The summed E-state index contributed by atoms with van der Waals surface area (Å²) in [7, 11) is 0. The van der Waals surface area contributed by atoms with Crippen LogP contribution in [-0.2, 0) is 0 Å². The summed E-state index contributed by atoms with van der Waals surface area (Å²) in [4.78, 5) is 13.4. The smallest absolute Gasteiger partial charge is 0.338 e. The lowest BCUT2D eigenvalue weighted by molar-refractivity contribution is 0.0699. The number of hydrogen-bond donors (Lipinski definition) is 2. The van der Waals surface area contributed by atoms with Gasteiger partial charge in [0.15, 0.2) is 5.69 Å². The van der Waals surface area contributed by atoms with Crippen molar-refractivity contribution in [1.29, 1.82) is 5.26 Å². The van der Waals surface area contributed by atoms with Gasteiger partial charge in [-0.1, -0.05) is 0 Å².